The minimum atomic E-state index is -1.17. The molecule has 1 aromatic carbocycles. The number of anilines is 1. The van der Waals surface area contributed by atoms with Gasteiger partial charge >= 0.3 is 5.97 Å². The van der Waals surface area contributed by atoms with E-state index in [0.717, 1.165) is 30.6 Å². The van der Waals surface area contributed by atoms with Crippen molar-refractivity contribution >= 4 is 11.7 Å². The number of fused-ring (bicyclic) bond motifs is 1. The van der Waals surface area contributed by atoms with Crippen LogP contribution in [0.2, 0.25) is 0 Å². The SMILES string of the molecule is CN1CCCc2c1ccc(C(N)C(=O)O)c2O. The molecule has 1 unspecified atom stereocenters. The maximum Gasteiger partial charge on any atom is 0.325 e. The number of phenolic OH excluding ortho intramolecular Hbond substituents is 1. The number of aromatic hydroxyl groups is 1. The molecule has 1 aliphatic rings. The average molecular weight is 236 g/mol. The molecule has 0 spiro atoms. The normalized spacial score (nSPS) is 16.5. The van der Waals surface area contributed by atoms with Crippen molar-refractivity contribution in [3.8, 4) is 5.75 Å². The molecule has 5 heteroatoms. The first-order chi connectivity index (χ1) is 8.02. The van der Waals surface area contributed by atoms with Crippen LogP contribution < -0.4 is 10.6 Å². The Morgan fingerprint density at radius 1 is 1.53 bits per heavy atom. The smallest absolute Gasteiger partial charge is 0.325 e. The van der Waals surface area contributed by atoms with Crippen molar-refractivity contribution in [2.45, 2.75) is 18.9 Å². The zero-order valence-electron chi connectivity index (χ0n) is 9.68. The highest BCUT2D eigenvalue weighted by molar-refractivity contribution is 5.78. The number of carbonyl (C=O) groups is 1. The molecule has 0 amide bonds. The maximum absolute atomic E-state index is 10.8. The Morgan fingerprint density at radius 2 is 2.24 bits per heavy atom. The number of nitrogens with zero attached hydrogens (tertiary/aromatic N) is 1. The molecule has 17 heavy (non-hydrogen) atoms. The van der Waals surface area contributed by atoms with Crippen molar-refractivity contribution in [3.63, 3.8) is 0 Å². The van der Waals surface area contributed by atoms with Gasteiger partial charge in [-0.2, -0.15) is 0 Å². The zero-order chi connectivity index (χ0) is 12.6. The first-order valence-electron chi connectivity index (χ1n) is 5.56. The molecule has 4 N–H and O–H groups in total. The molecule has 1 atom stereocenters. The van der Waals surface area contributed by atoms with E-state index in [0.29, 0.717) is 0 Å². The topological polar surface area (TPSA) is 86.8 Å². The fourth-order valence-corrected chi connectivity index (χ4v) is 2.25. The number of hydrogen-bond acceptors (Lipinski definition) is 4. The number of phenols is 1. The number of hydrogen-bond donors (Lipinski definition) is 3. The van der Waals surface area contributed by atoms with E-state index in [1.54, 1.807) is 6.07 Å². The first-order valence-corrected chi connectivity index (χ1v) is 5.56. The van der Waals surface area contributed by atoms with Gasteiger partial charge in [0.05, 0.1) is 0 Å². The van der Waals surface area contributed by atoms with Gasteiger partial charge in [-0.15, -0.1) is 0 Å². The second-order valence-electron chi connectivity index (χ2n) is 4.34. The van der Waals surface area contributed by atoms with E-state index >= 15 is 0 Å². The Balaban J connectivity index is 2.49. The number of rotatable bonds is 2. The monoisotopic (exact) mass is 236 g/mol. The number of carboxylic acids is 1. The fourth-order valence-electron chi connectivity index (χ4n) is 2.25. The number of aliphatic carboxylic acids is 1. The molecule has 5 nitrogen and oxygen atoms in total. The average Bonchev–Trinajstić information content (AvgIpc) is 2.30. The number of nitrogens with two attached hydrogens (primary N) is 1. The lowest BCUT2D eigenvalue weighted by molar-refractivity contribution is -0.138. The van der Waals surface area contributed by atoms with Crippen LogP contribution in [0.4, 0.5) is 5.69 Å². The summed E-state index contributed by atoms with van der Waals surface area (Å²) in [5.74, 6) is -1.10. The van der Waals surface area contributed by atoms with E-state index in [2.05, 4.69) is 4.90 Å². The van der Waals surface area contributed by atoms with Gasteiger partial charge in [-0.3, -0.25) is 4.79 Å². The molecular formula is C12H16N2O3. The Morgan fingerprint density at radius 3 is 2.88 bits per heavy atom. The van der Waals surface area contributed by atoms with Crippen LogP contribution in [-0.2, 0) is 11.2 Å². The van der Waals surface area contributed by atoms with E-state index in [1.807, 2.05) is 13.1 Å². The van der Waals surface area contributed by atoms with Gasteiger partial charge in [-0.1, -0.05) is 6.07 Å². The molecule has 0 aromatic heterocycles. The summed E-state index contributed by atoms with van der Waals surface area (Å²) in [6.45, 7) is 0.941. The van der Waals surface area contributed by atoms with Crippen LogP contribution >= 0.6 is 0 Å². The molecule has 2 rings (SSSR count). The lowest BCUT2D eigenvalue weighted by Crippen LogP contribution is -2.26. The molecule has 0 fully saturated rings. The first kappa shape index (κ1) is 11.7. The standard InChI is InChI=1S/C12H16N2O3/c1-14-6-2-3-7-9(14)5-4-8(11(7)15)10(13)12(16)17/h4-5,10,15H,2-3,6,13H2,1H3,(H,16,17). The Labute approximate surface area is 99.5 Å². The van der Waals surface area contributed by atoms with E-state index in [-0.39, 0.29) is 11.3 Å². The molecule has 1 heterocycles. The second-order valence-corrected chi connectivity index (χ2v) is 4.34. The lowest BCUT2D eigenvalue weighted by Gasteiger charge is -2.29. The maximum atomic E-state index is 10.8. The van der Waals surface area contributed by atoms with Gasteiger partial charge in [0.25, 0.3) is 0 Å². The predicted octanol–water partition coefficient (Wildman–Crippen LogP) is 0.859. The number of carboxylic acid groups (broad SMARTS) is 1. The van der Waals surface area contributed by atoms with Crippen molar-refractivity contribution in [2.24, 2.45) is 5.73 Å². The van der Waals surface area contributed by atoms with Gasteiger partial charge in [0.15, 0.2) is 0 Å². The minimum Gasteiger partial charge on any atom is -0.507 e. The molecule has 0 radical (unpaired) electrons. The summed E-state index contributed by atoms with van der Waals surface area (Å²) in [4.78, 5) is 12.9. The third-order valence-electron chi connectivity index (χ3n) is 3.22. The van der Waals surface area contributed by atoms with Gasteiger partial charge in [0, 0.05) is 30.4 Å². The van der Waals surface area contributed by atoms with Crippen LogP contribution in [-0.4, -0.2) is 29.8 Å². The summed E-state index contributed by atoms with van der Waals surface area (Å²) in [6, 6.07) is 2.24. The van der Waals surface area contributed by atoms with Gasteiger partial charge in [-0.25, -0.2) is 0 Å². The molecular weight excluding hydrogens is 220 g/mol. The van der Waals surface area contributed by atoms with Crippen molar-refractivity contribution in [3.05, 3.63) is 23.3 Å². The third-order valence-corrected chi connectivity index (χ3v) is 3.22. The summed E-state index contributed by atoms with van der Waals surface area (Å²) < 4.78 is 0. The fraction of sp³-hybridized carbons (Fsp3) is 0.417. The van der Waals surface area contributed by atoms with Crippen LogP contribution in [0.3, 0.4) is 0 Å². The molecule has 0 saturated carbocycles. The summed E-state index contributed by atoms with van der Waals surface area (Å²) in [6.07, 6.45) is 1.70. The quantitative estimate of drug-likeness (QED) is 0.709. The van der Waals surface area contributed by atoms with Crippen molar-refractivity contribution in [1.29, 1.82) is 0 Å². The second kappa shape index (κ2) is 4.25. The highest BCUT2D eigenvalue weighted by Crippen LogP contribution is 2.37. The molecule has 0 saturated heterocycles. The van der Waals surface area contributed by atoms with Crippen LogP contribution in [0.5, 0.6) is 5.75 Å². The highest BCUT2D eigenvalue weighted by atomic mass is 16.4. The summed E-state index contributed by atoms with van der Waals surface area (Å²) >= 11 is 0. The summed E-state index contributed by atoms with van der Waals surface area (Å²) in [5.41, 5.74) is 7.57. The lowest BCUT2D eigenvalue weighted by atomic mass is 9.95. The van der Waals surface area contributed by atoms with E-state index in [9.17, 15) is 9.90 Å². The van der Waals surface area contributed by atoms with Gasteiger partial charge < -0.3 is 20.8 Å². The Kier molecular flexibility index (Phi) is 2.93. The van der Waals surface area contributed by atoms with E-state index in [1.165, 1.54) is 0 Å². The van der Waals surface area contributed by atoms with Crippen molar-refractivity contribution in [1.82, 2.24) is 0 Å². The van der Waals surface area contributed by atoms with Crippen LogP contribution in [0, 0.1) is 0 Å². The molecule has 0 bridgehead atoms. The van der Waals surface area contributed by atoms with Crippen molar-refractivity contribution in [2.75, 3.05) is 18.5 Å². The minimum absolute atomic E-state index is 0.0314. The Bertz CT molecular complexity index is 459. The third kappa shape index (κ3) is 1.93. The van der Waals surface area contributed by atoms with E-state index in [4.69, 9.17) is 10.8 Å². The van der Waals surface area contributed by atoms with Gasteiger partial charge in [0.2, 0.25) is 0 Å². The van der Waals surface area contributed by atoms with Crippen molar-refractivity contribution < 1.29 is 15.0 Å². The van der Waals surface area contributed by atoms with Crippen LogP contribution in [0.15, 0.2) is 12.1 Å². The van der Waals surface area contributed by atoms with Crippen LogP contribution in [0.25, 0.3) is 0 Å². The summed E-state index contributed by atoms with van der Waals surface area (Å²) in [5, 5.41) is 19.0. The molecule has 1 aliphatic heterocycles. The van der Waals surface area contributed by atoms with Gasteiger partial charge in [-0.05, 0) is 18.9 Å². The highest BCUT2D eigenvalue weighted by Gasteiger charge is 2.24. The predicted molar refractivity (Wildman–Crippen MR) is 64.3 cm³/mol. The zero-order valence-corrected chi connectivity index (χ0v) is 9.68. The largest absolute Gasteiger partial charge is 0.507 e. The molecule has 1 aromatic rings. The Hall–Kier alpha value is -1.75. The number of benzene rings is 1. The molecule has 92 valence electrons. The summed E-state index contributed by atoms with van der Waals surface area (Å²) in [7, 11) is 1.95. The van der Waals surface area contributed by atoms with Crippen LogP contribution in [0.1, 0.15) is 23.6 Å². The van der Waals surface area contributed by atoms with Gasteiger partial charge in [0.1, 0.15) is 11.8 Å². The van der Waals surface area contributed by atoms with E-state index < -0.39 is 12.0 Å². The molecule has 0 aliphatic carbocycles.